The minimum Gasteiger partial charge on any atom is -0.484 e. The standard InChI is InChI=1S/C23H21ClN2O8S/c1-11-4-3-5-15(24)19(11)33-9-14-6-7-16(34-14)20(28)25-17-21(29)26-18(23(30)31)13(8-32-12(2)27)10-35-22(17)26/h3-7,17,22H,8-10H2,1-2H3,(H,25,28)(H,30,31)/t17-,22-/m0/s1. The Kier molecular flexibility index (Phi) is 7.08. The van der Waals surface area contributed by atoms with Gasteiger partial charge in [0, 0.05) is 18.2 Å². The highest BCUT2D eigenvalue weighted by Gasteiger charge is 2.54. The summed E-state index contributed by atoms with van der Waals surface area (Å²) in [6.07, 6.45) is 0. The molecule has 2 aliphatic rings. The summed E-state index contributed by atoms with van der Waals surface area (Å²) in [7, 11) is 0. The topological polar surface area (TPSA) is 135 Å². The Morgan fingerprint density at radius 1 is 1.26 bits per heavy atom. The molecule has 1 aromatic carbocycles. The van der Waals surface area contributed by atoms with E-state index in [1.807, 2.05) is 19.1 Å². The van der Waals surface area contributed by atoms with E-state index in [2.05, 4.69) is 5.32 Å². The van der Waals surface area contributed by atoms with Gasteiger partial charge in [-0.05, 0) is 30.7 Å². The summed E-state index contributed by atoms with van der Waals surface area (Å²) in [4.78, 5) is 49.4. The Morgan fingerprint density at radius 3 is 2.71 bits per heavy atom. The minimum atomic E-state index is -1.31. The van der Waals surface area contributed by atoms with Crippen LogP contribution in [0, 0.1) is 6.92 Å². The summed E-state index contributed by atoms with van der Waals surface area (Å²) in [5.41, 5.74) is 0.945. The van der Waals surface area contributed by atoms with Crippen LogP contribution in [0.2, 0.25) is 5.02 Å². The molecule has 1 saturated heterocycles. The molecule has 12 heteroatoms. The number of nitrogens with zero attached hydrogens (tertiary/aromatic N) is 1. The molecule has 0 spiro atoms. The number of aliphatic carboxylic acids is 1. The molecular formula is C23H21ClN2O8S. The number of carboxylic acid groups (broad SMARTS) is 1. The number of benzene rings is 1. The average Bonchev–Trinajstić information content (AvgIpc) is 3.29. The number of ether oxygens (including phenoxy) is 2. The number of esters is 1. The predicted octanol–water partition coefficient (Wildman–Crippen LogP) is 2.74. The lowest BCUT2D eigenvalue weighted by atomic mass is 10.0. The van der Waals surface area contributed by atoms with E-state index in [0.717, 1.165) is 10.5 Å². The largest absolute Gasteiger partial charge is 0.484 e. The number of furan rings is 1. The van der Waals surface area contributed by atoms with Crippen molar-refractivity contribution in [2.24, 2.45) is 0 Å². The molecule has 2 N–H and O–H groups in total. The summed E-state index contributed by atoms with van der Waals surface area (Å²) in [6, 6.07) is 7.49. The third kappa shape index (κ3) is 5.01. The molecule has 0 unspecified atom stereocenters. The molecule has 184 valence electrons. The van der Waals surface area contributed by atoms with E-state index in [9.17, 15) is 24.3 Å². The highest BCUT2D eigenvalue weighted by molar-refractivity contribution is 8.00. The molecule has 10 nitrogen and oxygen atoms in total. The van der Waals surface area contributed by atoms with E-state index in [-0.39, 0.29) is 30.4 Å². The monoisotopic (exact) mass is 520 g/mol. The number of hydrogen-bond donors (Lipinski definition) is 2. The maximum Gasteiger partial charge on any atom is 0.352 e. The summed E-state index contributed by atoms with van der Waals surface area (Å²) in [6.45, 7) is 2.89. The molecule has 2 aromatic rings. The Morgan fingerprint density at radius 2 is 2.03 bits per heavy atom. The maximum absolute atomic E-state index is 12.7. The number of β-lactam (4-membered cyclic amide) rings is 1. The maximum atomic E-state index is 12.7. The van der Waals surface area contributed by atoms with Crippen LogP contribution in [0.15, 0.2) is 46.0 Å². The van der Waals surface area contributed by atoms with Gasteiger partial charge in [-0.1, -0.05) is 23.7 Å². The lowest BCUT2D eigenvalue weighted by Crippen LogP contribution is -2.70. The van der Waals surface area contributed by atoms with Crippen LogP contribution in [0.4, 0.5) is 0 Å². The SMILES string of the molecule is CC(=O)OCC1=C(C(=O)O)N2C(=O)[C@H](NC(=O)c3ccc(COc4c(C)cccc4Cl)o3)[C@@H]2SC1. The Labute approximate surface area is 209 Å². The van der Waals surface area contributed by atoms with Crippen LogP contribution in [0.1, 0.15) is 28.8 Å². The van der Waals surface area contributed by atoms with Crippen molar-refractivity contribution in [3.8, 4) is 5.75 Å². The van der Waals surface area contributed by atoms with E-state index >= 15 is 0 Å². The van der Waals surface area contributed by atoms with Crippen molar-refractivity contribution in [3.05, 3.63) is 63.7 Å². The highest BCUT2D eigenvalue weighted by atomic mass is 35.5. The molecule has 2 amide bonds. The quantitative estimate of drug-likeness (QED) is 0.397. The van der Waals surface area contributed by atoms with Crippen molar-refractivity contribution in [1.29, 1.82) is 0 Å². The smallest absolute Gasteiger partial charge is 0.352 e. The Hall–Kier alpha value is -3.44. The second kappa shape index (κ2) is 10.0. The molecule has 0 saturated carbocycles. The van der Waals surface area contributed by atoms with Crippen LogP contribution in [-0.4, -0.2) is 57.5 Å². The molecular weight excluding hydrogens is 500 g/mol. The number of hydrogen-bond acceptors (Lipinski definition) is 8. The fourth-order valence-corrected chi connectivity index (χ4v) is 5.32. The van der Waals surface area contributed by atoms with Crippen molar-refractivity contribution in [3.63, 3.8) is 0 Å². The van der Waals surface area contributed by atoms with Gasteiger partial charge in [-0.25, -0.2) is 4.79 Å². The first-order valence-electron chi connectivity index (χ1n) is 10.5. The first kappa shape index (κ1) is 24.7. The van der Waals surface area contributed by atoms with Crippen LogP contribution in [0.25, 0.3) is 0 Å². The van der Waals surface area contributed by atoms with Crippen LogP contribution in [0.3, 0.4) is 0 Å². The number of rotatable bonds is 8. The van der Waals surface area contributed by atoms with Crippen LogP contribution in [0.5, 0.6) is 5.75 Å². The van der Waals surface area contributed by atoms with Crippen molar-refractivity contribution in [2.45, 2.75) is 31.9 Å². The second-order valence-corrected chi connectivity index (χ2v) is 9.35. The van der Waals surface area contributed by atoms with E-state index in [1.165, 1.54) is 24.8 Å². The molecule has 35 heavy (non-hydrogen) atoms. The molecule has 1 fully saturated rings. The van der Waals surface area contributed by atoms with Gasteiger partial charge in [-0.3, -0.25) is 19.3 Å². The number of thioether (sulfide) groups is 1. The molecule has 3 heterocycles. The Bertz CT molecular complexity index is 1220. The summed E-state index contributed by atoms with van der Waals surface area (Å²) in [5, 5.41) is 12.1. The number of carboxylic acids is 1. The number of carbonyl (C=O) groups is 4. The fraction of sp³-hybridized carbons (Fsp3) is 0.304. The number of nitrogens with one attached hydrogen (secondary N) is 1. The van der Waals surface area contributed by atoms with Crippen LogP contribution < -0.4 is 10.1 Å². The van der Waals surface area contributed by atoms with Crippen molar-refractivity contribution in [1.82, 2.24) is 10.2 Å². The highest BCUT2D eigenvalue weighted by Crippen LogP contribution is 2.40. The van der Waals surface area contributed by atoms with Crippen LogP contribution >= 0.6 is 23.4 Å². The molecule has 0 bridgehead atoms. The summed E-state index contributed by atoms with van der Waals surface area (Å²) < 4.78 is 16.2. The van der Waals surface area contributed by atoms with Gasteiger partial charge in [0.2, 0.25) is 0 Å². The van der Waals surface area contributed by atoms with E-state index in [4.69, 9.17) is 25.5 Å². The number of aryl methyl sites for hydroxylation is 1. The molecule has 0 aliphatic carbocycles. The lowest BCUT2D eigenvalue weighted by Gasteiger charge is -2.49. The zero-order valence-corrected chi connectivity index (χ0v) is 20.3. The molecule has 4 rings (SSSR count). The zero-order valence-electron chi connectivity index (χ0n) is 18.7. The second-order valence-electron chi connectivity index (χ2n) is 7.84. The Balaban J connectivity index is 1.39. The van der Waals surface area contributed by atoms with Gasteiger partial charge in [0.05, 0.1) is 5.02 Å². The fourth-order valence-electron chi connectivity index (χ4n) is 3.72. The minimum absolute atomic E-state index is 0.0175. The molecule has 0 radical (unpaired) electrons. The van der Waals surface area contributed by atoms with Gasteiger partial charge in [0.15, 0.2) is 5.76 Å². The third-order valence-corrected chi connectivity index (χ3v) is 7.03. The van der Waals surface area contributed by atoms with Gasteiger partial charge in [0.1, 0.15) is 41.8 Å². The van der Waals surface area contributed by atoms with E-state index in [1.54, 1.807) is 12.1 Å². The van der Waals surface area contributed by atoms with E-state index in [0.29, 0.717) is 22.1 Å². The van der Waals surface area contributed by atoms with Gasteiger partial charge in [0.25, 0.3) is 11.8 Å². The number of fused-ring (bicyclic) bond motifs is 1. The number of para-hydroxylation sites is 1. The van der Waals surface area contributed by atoms with Crippen molar-refractivity contribution in [2.75, 3.05) is 12.4 Å². The van der Waals surface area contributed by atoms with Crippen molar-refractivity contribution >= 4 is 47.1 Å². The first-order valence-corrected chi connectivity index (χ1v) is 11.9. The van der Waals surface area contributed by atoms with Crippen LogP contribution in [-0.2, 0) is 25.7 Å². The zero-order chi connectivity index (χ0) is 25.3. The van der Waals surface area contributed by atoms with Gasteiger partial charge < -0.3 is 24.3 Å². The van der Waals surface area contributed by atoms with Gasteiger partial charge in [-0.2, -0.15) is 0 Å². The van der Waals surface area contributed by atoms with Crippen molar-refractivity contribution < 1.29 is 38.2 Å². The summed E-state index contributed by atoms with van der Waals surface area (Å²) >= 11 is 7.42. The predicted molar refractivity (Wildman–Crippen MR) is 125 cm³/mol. The van der Waals surface area contributed by atoms with Gasteiger partial charge in [-0.15, -0.1) is 11.8 Å². The number of amides is 2. The lowest BCUT2D eigenvalue weighted by molar-refractivity contribution is -0.149. The molecule has 1 aromatic heterocycles. The average molecular weight is 521 g/mol. The first-order chi connectivity index (χ1) is 16.7. The van der Waals surface area contributed by atoms with E-state index < -0.39 is 35.2 Å². The van der Waals surface area contributed by atoms with Gasteiger partial charge >= 0.3 is 11.9 Å². The third-order valence-electron chi connectivity index (χ3n) is 5.39. The summed E-state index contributed by atoms with van der Waals surface area (Å²) in [5.74, 6) is -1.93. The number of carbonyl (C=O) groups excluding carboxylic acids is 3. The molecule has 2 aliphatic heterocycles. The number of halogens is 1. The molecule has 2 atom stereocenters. The normalized spacial score (nSPS) is 19.1.